The Hall–Kier alpha value is -2.80. The van der Waals surface area contributed by atoms with E-state index in [-0.39, 0.29) is 11.9 Å². The first-order valence-corrected chi connectivity index (χ1v) is 7.77. The lowest BCUT2D eigenvalue weighted by Gasteiger charge is -2.22. The van der Waals surface area contributed by atoms with Gasteiger partial charge in [0.25, 0.3) is 5.91 Å². The second kappa shape index (κ2) is 6.37. The number of carbonyl (C=O) groups excluding carboxylic acids is 1. The van der Waals surface area contributed by atoms with Crippen molar-refractivity contribution in [3.8, 4) is 5.69 Å². The van der Waals surface area contributed by atoms with Crippen LogP contribution in [0.15, 0.2) is 36.5 Å². The second-order valence-electron chi connectivity index (χ2n) is 5.82. The number of hydrogen-bond acceptors (Lipinski definition) is 5. The number of aromatic nitrogens is 4. The predicted molar refractivity (Wildman–Crippen MR) is 92.0 cm³/mol. The molecule has 0 bridgehead atoms. The van der Waals surface area contributed by atoms with Crippen LogP contribution in [0.5, 0.6) is 0 Å². The van der Waals surface area contributed by atoms with E-state index in [2.05, 4.69) is 15.3 Å². The zero-order valence-corrected chi connectivity index (χ0v) is 14.0. The van der Waals surface area contributed by atoms with Gasteiger partial charge in [0.1, 0.15) is 0 Å². The second-order valence-corrected chi connectivity index (χ2v) is 5.82. The van der Waals surface area contributed by atoms with Gasteiger partial charge in [0.05, 0.1) is 16.9 Å². The molecule has 0 saturated carbocycles. The highest BCUT2D eigenvalue weighted by Crippen LogP contribution is 2.19. The standard InChI is InChI=1S/C17H20N6O/c1-11(10-18)22(3)17(24)16-12(2)23(21-20-16)14-6-7-15-13(9-14)5-4-8-19-15/h4-9,11H,10,18H2,1-3H3. The van der Waals surface area contributed by atoms with Gasteiger partial charge in [0.15, 0.2) is 5.69 Å². The van der Waals surface area contributed by atoms with Crippen LogP contribution in [-0.4, -0.2) is 50.4 Å². The van der Waals surface area contributed by atoms with Crippen LogP contribution in [-0.2, 0) is 0 Å². The summed E-state index contributed by atoms with van der Waals surface area (Å²) in [7, 11) is 1.72. The molecular weight excluding hydrogens is 304 g/mol. The topological polar surface area (TPSA) is 89.9 Å². The van der Waals surface area contributed by atoms with E-state index in [0.717, 1.165) is 16.6 Å². The van der Waals surface area contributed by atoms with Crippen LogP contribution >= 0.6 is 0 Å². The molecule has 1 aromatic carbocycles. The fraction of sp³-hybridized carbons (Fsp3) is 0.294. The summed E-state index contributed by atoms with van der Waals surface area (Å²) < 4.78 is 1.67. The Morgan fingerprint density at radius 2 is 2.17 bits per heavy atom. The van der Waals surface area contributed by atoms with Crippen LogP contribution in [0, 0.1) is 6.92 Å². The SMILES string of the molecule is Cc1c(C(=O)N(C)C(C)CN)nnn1-c1ccc2ncccc2c1. The first-order chi connectivity index (χ1) is 11.5. The van der Waals surface area contributed by atoms with Crippen LogP contribution < -0.4 is 5.73 Å². The Balaban J connectivity index is 1.98. The maximum atomic E-state index is 12.6. The highest BCUT2D eigenvalue weighted by Gasteiger charge is 2.23. The summed E-state index contributed by atoms with van der Waals surface area (Å²) in [5.41, 5.74) is 8.42. The molecule has 7 heteroatoms. The van der Waals surface area contributed by atoms with Gasteiger partial charge in [-0.25, -0.2) is 4.68 Å². The fourth-order valence-corrected chi connectivity index (χ4v) is 2.49. The van der Waals surface area contributed by atoms with Gasteiger partial charge in [-0.2, -0.15) is 0 Å². The number of rotatable bonds is 4. The third-order valence-corrected chi connectivity index (χ3v) is 4.25. The maximum absolute atomic E-state index is 12.6. The lowest BCUT2D eigenvalue weighted by atomic mass is 10.2. The minimum absolute atomic E-state index is 0.0613. The summed E-state index contributed by atoms with van der Waals surface area (Å²) >= 11 is 0. The van der Waals surface area contributed by atoms with Crippen LogP contribution in [0.1, 0.15) is 23.1 Å². The molecule has 0 aliphatic rings. The average molecular weight is 324 g/mol. The number of nitrogens with zero attached hydrogens (tertiary/aromatic N) is 5. The summed E-state index contributed by atoms with van der Waals surface area (Å²) in [6.07, 6.45) is 1.76. The van der Waals surface area contributed by atoms with Gasteiger partial charge in [-0.1, -0.05) is 11.3 Å². The minimum Gasteiger partial charge on any atom is -0.336 e. The Morgan fingerprint density at radius 3 is 2.92 bits per heavy atom. The van der Waals surface area contributed by atoms with Crippen molar-refractivity contribution in [2.75, 3.05) is 13.6 Å². The molecule has 1 atom stereocenters. The molecule has 2 heterocycles. The van der Waals surface area contributed by atoms with Crippen molar-refractivity contribution >= 4 is 16.8 Å². The zero-order valence-electron chi connectivity index (χ0n) is 14.0. The molecule has 0 aliphatic carbocycles. The Labute approximate surface area is 140 Å². The summed E-state index contributed by atoms with van der Waals surface area (Å²) in [5, 5.41) is 9.23. The molecule has 0 saturated heterocycles. The van der Waals surface area contributed by atoms with Gasteiger partial charge in [-0.3, -0.25) is 9.78 Å². The van der Waals surface area contributed by atoms with Gasteiger partial charge in [0, 0.05) is 31.2 Å². The molecule has 0 fully saturated rings. The maximum Gasteiger partial charge on any atom is 0.276 e. The predicted octanol–water partition coefficient (Wildman–Crippen LogP) is 1.54. The van der Waals surface area contributed by atoms with Crippen molar-refractivity contribution in [2.24, 2.45) is 5.73 Å². The van der Waals surface area contributed by atoms with Crippen LogP contribution in [0.3, 0.4) is 0 Å². The average Bonchev–Trinajstić information content (AvgIpc) is 3.00. The summed E-state index contributed by atoms with van der Waals surface area (Å²) in [5.74, 6) is -0.181. The first kappa shape index (κ1) is 16.1. The zero-order chi connectivity index (χ0) is 17.3. The number of nitrogens with two attached hydrogens (primary N) is 1. The van der Waals surface area contributed by atoms with Crippen molar-refractivity contribution in [3.63, 3.8) is 0 Å². The number of pyridine rings is 1. The molecule has 0 aliphatic heterocycles. The smallest absolute Gasteiger partial charge is 0.276 e. The quantitative estimate of drug-likeness (QED) is 0.786. The largest absolute Gasteiger partial charge is 0.336 e. The molecule has 1 unspecified atom stereocenters. The lowest BCUT2D eigenvalue weighted by Crippen LogP contribution is -2.40. The monoisotopic (exact) mass is 324 g/mol. The van der Waals surface area contributed by atoms with E-state index in [1.165, 1.54) is 0 Å². The molecule has 7 nitrogen and oxygen atoms in total. The number of benzene rings is 1. The van der Waals surface area contributed by atoms with Gasteiger partial charge in [-0.05, 0) is 38.1 Å². The van der Waals surface area contributed by atoms with E-state index < -0.39 is 0 Å². The van der Waals surface area contributed by atoms with Gasteiger partial charge in [-0.15, -0.1) is 5.10 Å². The highest BCUT2D eigenvalue weighted by molar-refractivity contribution is 5.93. The molecule has 2 N–H and O–H groups in total. The van der Waals surface area contributed by atoms with Gasteiger partial charge in [0.2, 0.25) is 0 Å². The van der Waals surface area contributed by atoms with Crippen LogP contribution in [0.2, 0.25) is 0 Å². The number of fused-ring (bicyclic) bond motifs is 1. The van der Waals surface area contributed by atoms with E-state index >= 15 is 0 Å². The number of amides is 1. The molecule has 0 spiro atoms. The summed E-state index contributed by atoms with van der Waals surface area (Å²) in [6, 6.07) is 9.63. The van der Waals surface area contributed by atoms with Crippen molar-refractivity contribution in [1.29, 1.82) is 0 Å². The third kappa shape index (κ3) is 2.74. The fourth-order valence-electron chi connectivity index (χ4n) is 2.49. The first-order valence-electron chi connectivity index (χ1n) is 7.77. The van der Waals surface area contributed by atoms with E-state index in [1.807, 2.05) is 44.2 Å². The molecule has 3 rings (SSSR count). The van der Waals surface area contributed by atoms with Crippen LogP contribution in [0.4, 0.5) is 0 Å². The van der Waals surface area contributed by atoms with Crippen molar-refractivity contribution in [3.05, 3.63) is 47.9 Å². The molecule has 124 valence electrons. The van der Waals surface area contributed by atoms with Crippen molar-refractivity contribution in [1.82, 2.24) is 24.9 Å². The Bertz CT molecular complexity index is 888. The van der Waals surface area contributed by atoms with Crippen molar-refractivity contribution in [2.45, 2.75) is 19.9 Å². The minimum atomic E-state index is -0.181. The highest BCUT2D eigenvalue weighted by atomic mass is 16.2. The molecule has 2 aromatic heterocycles. The third-order valence-electron chi connectivity index (χ3n) is 4.25. The normalized spacial score (nSPS) is 12.3. The van der Waals surface area contributed by atoms with E-state index in [1.54, 1.807) is 22.8 Å². The number of hydrogen-bond donors (Lipinski definition) is 1. The number of likely N-dealkylation sites (N-methyl/N-ethyl adjacent to an activating group) is 1. The van der Waals surface area contributed by atoms with E-state index in [4.69, 9.17) is 5.73 Å². The molecule has 3 aromatic rings. The van der Waals surface area contributed by atoms with Crippen molar-refractivity contribution < 1.29 is 4.79 Å². The summed E-state index contributed by atoms with van der Waals surface area (Å²) in [4.78, 5) is 18.5. The summed E-state index contributed by atoms with van der Waals surface area (Å²) in [6.45, 7) is 4.13. The Kier molecular flexibility index (Phi) is 4.26. The molecule has 1 amide bonds. The van der Waals surface area contributed by atoms with Gasteiger partial charge >= 0.3 is 0 Å². The molecular formula is C17H20N6O. The number of carbonyl (C=O) groups is 1. The van der Waals surface area contributed by atoms with E-state index in [9.17, 15) is 4.79 Å². The van der Waals surface area contributed by atoms with Crippen LogP contribution in [0.25, 0.3) is 16.6 Å². The van der Waals surface area contributed by atoms with E-state index in [0.29, 0.717) is 17.9 Å². The molecule has 0 radical (unpaired) electrons. The Morgan fingerprint density at radius 1 is 1.38 bits per heavy atom. The molecule has 24 heavy (non-hydrogen) atoms. The lowest BCUT2D eigenvalue weighted by molar-refractivity contribution is 0.0741. The van der Waals surface area contributed by atoms with Gasteiger partial charge < -0.3 is 10.6 Å².